The first-order chi connectivity index (χ1) is 13.7. The molecule has 4 rings (SSSR count). The third-order valence-corrected chi connectivity index (χ3v) is 5.54. The first kappa shape index (κ1) is 18.6. The highest BCUT2D eigenvalue weighted by Gasteiger charge is 2.40. The highest BCUT2D eigenvalue weighted by atomic mass is 16.5. The van der Waals surface area contributed by atoms with Crippen molar-refractivity contribution in [3.05, 3.63) is 60.6 Å². The lowest BCUT2D eigenvalue weighted by molar-refractivity contribution is -0.130. The van der Waals surface area contributed by atoms with E-state index >= 15 is 0 Å². The van der Waals surface area contributed by atoms with Gasteiger partial charge in [-0.1, -0.05) is 42.5 Å². The maximum Gasteiger partial charge on any atom is 0.225 e. The second-order valence-corrected chi connectivity index (χ2v) is 7.42. The van der Waals surface area contributed by atoms with E-state index in [1.165, 1.54) is 0 Å². The molecule has 1 aromatic heterocycles. The zero-order chi connectivity index (χ0) is 19.2. The molecule has 0 unspecified atom stereocenters. The van der Waals surface area contributed by atoms with E-state index in [2.05, 4.69) is 39.2 Å². The van der Waals surface area contributed by atoms with E-state index in [9.17, 15) is 4.79 Å². The minimum atomic E-state index is -0.258. The van der Waals surface area contributed by atoms with Crippen LogP contribution in [0.5, 0.6) is 0 Å². The normalized spacial score (nSPS) is 19.9. The molecule has 2 aromatic rings. The quantitative estimate of drug-likeness (QED) is 0.819. The molecule has 6 nitrogen and oxygen atoms in total. The average molecular weight is 378 g/mol. The molecule has 0 aliphatic carbocycles. The molecule has 0 radical (unpaired) electrons. The molecule has 28 heavy (non-hydrogen) atoms. The largest absolute Gasteiger partial charge is 0.372 e. The maximum absolute atomic E-state index is 12.6. The summed E-state index contributed by atoms with van der Waals surface area (Å²) in [6, 6.07) is 10.2. The van der Waals surface area contributed by atoms with Gasteiger partial charge in [-0.05, 0) is 18.4 Å². The SMILES string of the molecule is O=C1CCOC2(CCN(c3cnccn3)CC2)CN1CC=Cc1ccccc1. The molecule has 3 heterocycles. The molecule has 2 aliphatic rings. The van der Waals surface area contributed by atoms with Crippen LogP contribution in [0.1, 0.15) is 24.8 Å². The van der Waals surface area contributed by atoms with Crippen molar-refractivity contribution in [2.45, 2.75) is 24.9 Å². The number of rotatable bonds is 4. The number of aromatic nitrogens is 2. The first-order valence-corrected chi connectivity index (χ1v) is 9.88. The first-order valence-electron chi connectivity index (χ1n) is 9.88. The van der Waals surface area contributed by atoms with Gasteiger partial charge in [0.25, 0.3) is 0 Å². The predicted molar refractivity (Wildman–Crippen MR) is 109 cm³/mol. The van der Waals surface area contributed by atoms with Crippen LogP contribution in [0.15, 0.2) is 55.0 Å². The fraction of sp³-hybridized carbons (Fsp3) is 0.409. The molecule has 1 spiro atoms. The predicted octanol–water partition coefficient (Wildman–Crippen LogP) is 2.78. The second kappa shape index (κ2) is 8.52. The third-order valence-electron chi connectivity index (χ3n) is 5.54. The summed E-state index contributed by atoms with van der Waals surface area (Å²) in [6.07, 6.45) is 11.6. The molecule has 0 atom stereocenters. The zero-order valence-electron chi connectivity index (χ0n) is 16.0. The van der Waals surface area contributed by atoms with Crippen LogP contribution < -0.4 is 4.90 Å². The fourth-order valence-electron chi connectivity index (χ4n) is 3.94. The van der Waals surface area contributed by atoms with Gasteiger partial charge >= 0.3 is 0 Å². The third kappa shape index (κ3) is 4.39. The highest BCUT2D eigenvalue weighted by molar-refractivity contribution is 5.77. The number of amides is 1. The Morgan fingerprint density at radius 2 is 1.96 bits per heavy atom. The minimum Gasteiger partial charge on any atom is -0.372 e. The van der Waals surface area contributed by atoms with E-state index < -0.39 is 0 Å². The van der Waals surface area contributed by atoms with Crippen LogP contribution in [0, 0.1) is 0 Å². The second-order valence-electron chi connectivity index (χ2n) is 7.42. The Morgan fingerprint density at radius 3 is 2.71 bits per heavy atom. The Kier molecular flexibility index (Phi) is 5.67. The molecule has 0 saturated carbocycles. The number of carbonyl (C=O) groups is 1. The monoisotopic (exact) mass is 378 g/mol. The van der Waals surface area contributed by atoms with E-state index in [0.29, 0.717) is 26.1 Å². The van der Waals surface area contributed by atoms with Crippen molar-refractivity contribution >= 4 is 17.8 Å². The van der Waals surface area contributed by atoms with E-state index in [1.807, 2.05) is 23.1 Å². The molecular weight excluding hydrogens is 352 g/mol. The van der Waals surface area contributed by atoms with Crippen molar-refractivity contribution in [1.82, 2.24) is 14.9 Å². The fourth-order valence-corrected chi connectivity index (χ4v) is 3.94. The van der Waals surface area contributed by atoms with Gasteiger partial charge in [0, 0.05) is 32.0 Å². The van der Waals surface area contributed by atoms with Crippen LogP contribution in [0.3, 0.4) is 0 Å². The van der Waals surface area contributed by atoms with E-state index in [-0.39, 0.29) is 11.5 Å². The van der Waals surface area contributed by atoms with Gasteiger partial charge in [0.05, 0.1) is 31.4 Å². The Labute approximate surface area is 165 Å². The zero-order valence-corrected chi connectivity index (χ0v) is 16.0. The lowest BCUT2D eigenvalue weighted by Gasteiger charge is -2.42. The summed E-state index contributed by atoms with van der Waals surface area (Å²) in [6.45, 7) is 3.50. The highest BCUT2D eigenvalue weighted by Crippen LogP contribution is 2.31. The molecule has 1 aromatic carbocycles. The molecular formula is C22H26N4O2. The Hall–Kier alpha value is -2.73. The van der Waals surface area contributed by atoms with E-state index in [0.717, 1.165) is 37.3 Å². The number of benzene rings is 1. The summed E-state index contributed by atoms with van der Waals surface area (Å²) in [4.78, 5) is 25.3. The van der Waals surface area contributed by atoms with E-state index in [1.54, 1.807) is 18.6 Å². The van der Waals surface area contributed by atoms with Crippen molar-refractivity contribution in [3.63, 3.8) is 0 Å². The molecule has 2 aliphatic heterocycles. The van der Waals surface area contributed by atoms with E-state index in [4.69, 9.17) is 4.74 Å². The van der Waals surface area contributed by atoms with Crippen molar-refractivity contribution in [2.75, 3.05) is 37.7 Å². The maximum atomic E-state index is 12.6. The van der Waals surface area contributed by atoms with Crippen molar-refractivity contribution in [3.8, 4) is 0 Å². The van der Waals surface area contributed by atoms with Crippen molar-refractivity contribution < 1.29 is 9.53 Å². The minimum absolute atomic E-state index is 0.172. The number of anilines is 1. The van der Waals surface area contributed by atoms with Crippen LogP contribution in [0.25, 0.3) is 6.08 Å². The standard InChI is InChI=1S/C22H26N4O2/c27-21-8-16-28-22(9-14-25(15-10-22)20-17-23-11-12-24-20)18-26(21)13-4-7-19-5-2-1-3-6-19/h1-7,11-12,17H,8-10,13-16,18H2. The van der Waals surface area contributed by atoms with Gasteiger partial charge in [-0.3, -0.25) is 9.78 Å². The summed E-state index contributed by atoms with van der Waals surface area (Å²) in [5.74, 6) is 1.08. The summed E-state index contributed by atoms with van der Waals surface area (Å²) in [5, 5.41) is 0. The van der Waals surface area contributed by atoms with Crippen LogP contribution in [0.2, 0.25) is 0 Å². The number of hydrogen-bond acceptors (Lipinski definition) is 5. The summed E-state index contributed by atoms with van der Waals surface area (Å²) in [7, 11) is 0. The van der Waals surface area contributed by atoms with Gasteiger partial charge in [-0.15, -0.1) is 0 Å². The summed E-state index contributed by atoms with van der Waals surface area (Å²) in [5.41, 5.74) is 0.888. The number of ether oxygens (including phenoxy) is 1. The van der Waals surface area contributed by atoms with Crippen LogP contribution in [-0.4, -0.2) is 59.2 Å². The molecule has 2 fully saturated rings. The Morgan fingerprint density at radius 1 is 1.14 bits per heavy atom. The van der Waals surface area contributed by atoms with Gasteiger partial charge < -0.3 is 14.5 Å². The average Bonchev–Trinajstić information content (AvgIpc) is 2.89. The number of carbonyl (C=O) groups excluding carboxylic acids is 1. The molecule has 6 heteroatoms. The summed E-state index contributed by atoms with van der Waals surface area (Å²) >= 11 is 0. The lowest BCUT2D eigenvalue weighted by atomic mass is 9.90. The molecule has 0 N–H and O–H groups in total. The van der Waals surface area contributed by atoms with Gasteiger partial charge in [0.1, 0.15) is 5.82 Å². The Balaban J connectivity index is 1.39. The van der Waals surface area contributed by atoms with Gasteiger partial charge in [-0.2, -0.15) is 0 Å². The van der Waals surface area contributed by atoms with Crippen LogP contribution in [-0.2, 0) is 9.53 Å². The molecule has 2 saturated heterocycles. The number of piperidine rings is 1. The smallest absolute Gasteiger partial charge is 0.225 e. The topological polar surface area (TPSA) is 58.6 Å². The Bertz CT molecular complexity index is 802. The van der Waals surface area contributed by atoms with Crippen molar-refractivity contribution in [2.24, 2.45) is 0 Å². The van der Waals surface area contributed by atoms with Gasteiger partial charge in [-0.25, -0.2) is 4.98 Å². The summed E-state index contributed by atoms with van der Waals surface area (Å²) < 4.78 is 6.23. The molecule has 1 amide bonds. The lowest BCUT2D eigenvalue weighted by Crippen LogP contribution is -2.52. The molecule has 146 valence electrons. The van der Waals surface area contributed by atoms with Gasteiger partial charge in [0.2, 0.25) is 5.91 Å². The number of hydrogen-bond donors (Lipinski definition) is 0. The van der Waals surface area contributed by atoms with Crippen molar-refractivity contribution in [1.29, 1.82) is 0 Å². The van der Waals surface area contributed by atoms with Crippen LogP contribution >= 0.6 is 0 Å². The molecule has 0 bridgehead atoms. The number of nitrogens with zero attached hydrogens (tertiary/aromatic N) is 4. The van der Waals surface area contributed by atoms with Crippen LogP contribution in [0.4, 0.5) is 5.82 Å². The van der Waals surface area contributed by atoms with Gasteiger partial charge in [0.15, 0.2) is 0 Å².